The number of rotatable bonds is 6. The fraction of sp³-hybridized carbons (Fsp3) is 0.364. The molecule has 1 aliphatic heterocycles. The maximum absolute atomic E-state index is 12.3. The third kappa shape index (κ3) is 5.49. The van der Waals surface area contributed by atoms with Crippen molar-refractivity contribution in [2.75, 3.05) is 19.7 Å². The molecular weight excluding hydrogens is 340 g/mol. The number of aryl methyl sites for hydroxylation is 1. The summed E-state index contributed by atoms with van der Waals surface area (Å²) in [5.74, 6) is 1.54. The minimum Gasteiger partial charge on any atom is -0.508 e. The molecule has 1 N–H and O–H groups in total. The van der Waals surface area contributed by atoms with Gasteiger partial charge < -0.3 is 14.7 Å². The second-order valence-electron chi connectivity index (χ2n) is 6.95. The molecule has 0 saturated carbocycles. The Balaban J connectivity index is 1.38. The molecular formula is C22H24N2O3. The molecule has 0 unspecified atom stereocenters. The monoisotopic (exact) mass is 364 g/mol. The lowest BCUT2D eigenvalue weighted by molar-refractivity contribution is -0.134. The summed E-state index contributed by atoms with van der Waals surface area (Å²) in [6, 6.07) is 16.2. The number of nitriles is 1. The van der Waals surface area contributed by atoms with Crippen molar-refractivity contribution in [2.45, 2.75) is 25.7 Å². The Morgan fingerprint density at radius 3 is 2.41 bits per heavy atom. The molecule has 2 aromatic rings. The van der Waals surface area contributed by atoms with E-state index in [1.807, 2.05) is 17.0 Å². The number of phenolic OH excluding ortho intramolecular Hbond substituents is 1. The molecule has 3 rings (SSSR count). The van der Waals surface area contributed by atoms with Gasteiger partial charge in [-0.15, -0.1) is 0 Å². The standard InChI is InChI=1S/C22H24N2O3/c23-15-19-5-9-21(10-6-19)27-16-22(26)24-13-11-18(12-14-24)2-1-17-3-7-20(25)8-4-17/h3-10,18,25H,1-2,11-14,16H2. The van der Waals surface area contributed by atoms with Crippen molar-refractivity contribution in [1.82, 2.24) is 4.90 Å². The first-order valence-electron chi connectivity index (χ1n) is 9.32. The fourth-order valence-electron chi connectivity index (χ4n) is 3.37. The third-order valence-electron chi connectivity index (χ3n) is 5.09. The van der Waals surface area contributed by atoms with E-state index in [1.165, 1.54) is 5.56 Å². The van der Waals surface area contributed by atoms with E-state index in [2.05, 4.69) is 6.07 Å². The number of ether oxygens (including phenoxy) is 1. The van der Waals surface area contributed by atoms with Crippen LogP contribution in [-0.4, -0.2) is 35.6 Å². The summed E-state index contributed by atoms with van der Waals surface area (Å²) in [6.45, 7) is 1.58. The number of likely N-dealkylation sites (tertiary alicyclic amines) is 1. The smallest absolute Gasteiger partial charge is 0.260 e. The van der Waals surface area contributed by atoms with Crippen LogP contribution < -0.4 is 4.74 Å². The van der Waals surface area contributed by atoms with E-state index in [4.69, 9.17) is 10.00 Å². The van der Waals surface area contributed by atoms with E-state index in [0.717, 1.165) is 38.8 Å². The number of hydrogen-bond acceptors (Lipinski definition) is 4. The Morgan fingerprint density at radius 1 is 1.11 bits per heavy atom. The Kier molecular flexibility index (Phi) is 6.32. The molecule has 140 valence electrons. The van der Waals surface area contributed by atoms with Crippen molar-refractivity contribution < 1.29 is 14.6 Å². The summed E-state index contributed by atoms with van der Waals surface area (Å²) in [5.41, 5.74) is 1.81. The first-order valence-corrected chi connectivity index (χ1v) is 9.32. The molecule has 1 amide bonds. The molecule has 0 aromatic heterocycles. The zero-order valence-electron chi connectivity index (χ0n) is 15.3. The molecule has 1 heterocycles. The van der Waals surface area contributed by atoms with Gasteiger partial charge in [0.05, 0.1) is 11.6 Å². The van der Waals surface area contributed by atoms with E-state index in [1.54, 1.807) is 36.4 Å². The summed E-state index contributed by atoms with van der Waals surface area (Å²) >= 11 is 0. The number of benzene rings is 2. The number of hydrogen-bond donors (Lipinski definition) is 1. The van der Waals surface area contributed by atoms with Gasteiger partial charge in [0, 0.05) is 13.1 Å². The zero-order chi connectivity index (χ0) is 19.1. The first-order chi connectivity index (χ1) is 13.1. The molecule has 1 saturated heterocycles. The minimum atomic E-state index is 0.0105. The van der Waals surface area contributed by atoms with Crippen LogP contribution in [0.25, 0.3) is 0 Å². The fourth-order valence-corrected chi connectivity index (χ4v) is 3.37. The molecule has 1 aliphatic rings. The van der Waals surface area contributed by atoms with Gasteiger partial charge in [-0.3, -0.25) is 4.79 Å². The molecule has 0 spiro atoms. The molecule has 0 bridgehead atoms. The number of carbonyl (C=O) groups excluding carboxylic acids is 1. The summed E-state index contributed by atoms with van der Waals surface area (Å²) in [5, 5.41) is 18.1. The van der Waals surface area contributed by atoms with Gasteiger partial charge in [-0.1, -0.05) is 12.1 Å². The van der Waals surface area contributed by atoms with E-state index >= 15 is 0 Å². The van der Waals surface area contributed by atoms with E-state index in [9.17, 15) is 9.90 Å². The number of amides is 1. The predicted octanol–water partition coefficient (Wildman–Crippen LogP) is 3.51. The zero-order valence-corrected chi connectivity index (χ0v) is 15.3. The van der Waals surface area contributed by atoms with E-state index in [0.29, 0.717) is 23.0 Å². The predicted molar refractivity (Wildman–Crippen MR) is 102 cm³/mol. The topological polar surface area (TPSA) is 73.6 Å². The van der Waals surface area contributed by atoms with Gasteiger partial charge in [0.1, 0.15) is 11.5 Å². The number of nitrogens with zero attached hydrogens (tertiary/aromatic N) is 2. The Morgan fingerprint density at radius 2 is 1.78 bits per heavy atom. The number of piperidine rings is 1. The molecule has 5 heteroatoms. The molecule has 0 aliphatic carbocycles. The lowest BCUT2D eigenvalue weighted by atomic mass is 9.90. The van der Waals surface area contributed by atoms with Gasteiger partial charge in [-0.25, -0.2) is 0 Å². The van der Waals surface area contributed by atoms with Crippen LogP contribution in [0.2, 0.25) is 0 Å². The van der Waals surface area contributed by atoms with Crippen LogP contribution in [0.4, 0.5) is 0 Å². The van der Waals surface area contributed by atoms with Crippen LogP contribution in [0.15, 0.2) is 48.5 Å². The Hall–Kier alpha value is -3.00. The maximum Gasteiger partial charge on any atom is 0.260 e. The highest BCUT2D eigenvalue weighted by Crippen LogP contribution is 2.23. The van der Waals surface area contributed by atoms with Gasteiger partial charge in [-0.2, -0.15) is 5.26 Å². The second kappa shape index (κ2) is 9.09. The van der Waals surface area contributed by atoms with Crippen LogP contribution in [0, 0.1) is 17.2 Å². The molecule has 5 nitrogen and oxygen atoms in total. The minimum absolute atomic E-state index is 0.0105. The highest BCUT2D eigenvalue weighted by Gasteiger charge is 2.22. The molecule has 1 fully saturated rings. The highest BCUT2D eigenvalue weighted by molar-refractivity contribution is 5.77. The van der Waals surface area contributed by atoms with Gasteiger partial charge >= 0.3 is 0 Å². The largest absolute Gasteiger partial charge is 0.508 e. The van der Waals surface area contributed by atoms with Gasteiger partial charge in [-0.05, 0) is 73.6 Å². The summed E-state index contributed by atoms with van der Waals surface area (Å²) < 4.78 is 5.54. The molecule has 0 atom stereocenters. The summed E-state index contributed by atoms with van der Waals surface area (Å²) in [7, 11) is 0. The quantitative estimate of drug-likeness (QED) is 0.851. The molecule has 27 heavy (non-hydrogen) atoms. The van der Waals surface area contributed by atoms with Crippen LogP contribution in [0.5, 0.6) is 11.5 Å². The summed E-state index contributed by atoms with van der Waals surface area (Å²) in [4.78, 5) is 14.2. The first kappa shape index (κ1) is 18.8. The Bertz CT molecular complexity index is 786. The highest BCUT2D eigenvalue weighted by atomic mass is 16.5. The van der Waals surface area contributed by atoms with Crippen molar-refractivity contribution in [3.8, 4) is 17.6 Å². The maximum atomic E-state index is 12.3. The van der Waals surface area contributed by atoms with Crippen molar-refractivity contribution in [2.24, 2.45) is 5.92 Å². The van der Waals surface area contributed by atoms with Crippen LogP contribution in [-0.2, 0) is 11.2 Å². The number of carbonyl (C=O) groups is 1. The summed E-state index contributed by atoms with van der Waals surface area (Å²) in [6.07, 6.45) is 4.14. The SMILES string of the molecule is N#Cc1ccc(OCC(=O)N2CCC(CCc3ccc(O)cc3)CC2)cc1. The van der Waals surface area contributed by atoms with Crippen LogP contribution >= 0.6 is 0 Å². The number of phenols is 1. The average molecular weight is 364 g/mol. The normalized spacial score (nSPS) is 14.6. The molecule has 0 radical (unpaired) electrons. The van der Waals surface area contributed by atoms with Crippen molar-refractivity contribution in [3.05, 3.63) is 59.7 Å². The van der Waals surface area contributed by atoms with Crippen LogP contribution in [0.3, 0.4) is 0 Å². The van der Waals surface area contributed by atoms with Crippen molar-refractivity contribution in [3.63, 3.8) is 0 Å². The van der Waals surface area contributed by atoms with E-state index in [-0.39, 0.29) is 12.5 Å². The number of aromatic hydroxyl groups is 1. The van der Waals surface area contributed by atoms with Crippen molar-refractivity contribution in [1.29, 1.82) is 5.26 Å². The lowest BCUT2D eigenvalue weighted by Crippen LogP contribution is -2.41. The lowest BCUT2D eigenvalue weighted by Gasteiger charge is -2.32. The van der Waals surface area contributed by atoms with Gasteiger partial charge in [0.2, 0.25) is 0 Å². The molecule has 2 aromatic carbocycles. The van der Waals surface area contributed by atoms with Gasteiger partial charge in [0.25, 0.3) is 5.91 Å². The third-order valence-corrected chi connectivity index (χ3v) is 5.09. The van der Waals surface area contributed by atoms with Crippen molar-refractivity contribution >= 4 is 5.91 Å². The average Bonchev–Trinajstić information content (AvgIpc) is 2.72. The second-order valence-corrected chi connectivity index (χ2v) is 6.95. The van der Waals surface area contributed by atoms with E-state index < -0.39 is 0 Å². The Labute approximate surface area is 159 Å². The van der Waals surface area contributed by atoms with Gasteiger partial charge in [0.15, 0.2) is 6.61 Å². The van der Waals surface area contributed by atoms with Crippen LogP contribution in [0.1, 0.15) is 30.4 Å².